The maximum atomic E-state index is 12.6. The Morgan fingerprint density at radius 3 is 2.62 bits per heavy atom. The van der Waals surface area contributed by atoms with Crippen molar-refractivity contribution in [2.75, 3.05) is 0 Å². The third kappa shape index (κ3) is 5.38. The molecule has 1 atom stereocenters. The Morgan fingerprint density at radius 1 is 1.14 bits per heavy atom. The van der Waals surface area contributed by atoms with Gasteiger partial charge in [0.15, 0.2) is 5.76 Å². The molecule has 0 aliphatic heterocycles. The summed E-state index contributed by atoms with van der Waals surface area (Å²) in [5.41, 5.74) is 3.34. The average molecular weight is 389 g/mol. The van der Waals surface area contributed by atoms with E-state index in [1.165, 1.54) is 5.56 Å². The topological polar surface area (TPSA) is 51.5 Å². The number of furan rings is 1. The lowest BCUT2D eigenvalue weighted by molar-refractivity contribution is 0.0903. The van der Waals surface area contributed by atoms with Gasteiger partial charge >= 0.3 is 0 Å². The minimum atomic E-state index is -0.226. The van der Waals surface area contributed by atoms with E-state index in [1.54, 1.807) is 12.1 Å². The van der Waals surface area contributed by atoms with Crippen molar-refractivity contribution in [3.8, 4) is 5.75 Å². The maximum Gasteiger partial charge on any atom is 0.287 e. The molecule has 0 radical (unpaired) electrons. The summed E-state index contributed by atoms with van der Waals surface area (Å²) in [5.74, 6) is 1.46. The summed E-state index contributed by atoms with van der Waals surface area (Å²) >= 11 is 0. The Labute approximate surface area is 172 Å². The molecule has 4 nitrogen and oxygen atoms in total. The molecular weight excluding hydrogens is 362 g/mol. The van der Waals surface area contributed by atoms with Gasteiger partial charge in [-0.25, -0.2) is 0 Å². The molecule has 0 fully saturated rings. The van der Waals surface area contributed by atoms with Gasteiger partial charge < -0.3 is 14.5 Å². The first-order valence-electron chi connectivity index (χ1n) is 9.88. The number of aryl methyl sites for hydroxylation is 1. The van der Waals surface area contributed by atoms with Crippen LogP contribution in [0.4, 0.5) is 0 Å². The normalized spacial score (nSPS) is 11.7. The predicted molar refractivity (Wildman–Crippen MR) is 115 cm³/mol. The standard InChI is InChI=1S/C25H27NO3/c1-4-8-20-9-6-7-10-23(20)28-17-21-15-16-24(29-21)25(27)26-22(5-2)19-13-11-18(3)12-14-19/h4,6-7,9-16,22H,1,5,8,17H2,2-3H3,(H,26,27). The summed E-state index contributed by atoms with van der Waals surface area (Å²) in [6, 6.07) is 19.4. The van der Waals surface area contributed by atoms with Crippen molar-refractivity contribution in [3.63, 3.8) is 0 Å². The molecule has 1 aromatic heterocycles. The number of carbonyl (C=O) groups is 1. The van der Waals surface area contributed by atoms with Gasteiger partial charge in [-0.2, -0.15) is 0 Å². The molecule has 4 heteroatoms. The van der Waals surface area contributed by atoms with Gasteiger partial charge in [-0.05, 0) is 49.1 Å². The second-order valence-electron chi connectivity index (χ2n) is 7.00. The van der Waals surface area contributed by atoms with Crippen LogP contribution in [0.25, 0.3) is 0 Å². The van der Waals surface area contributed by atoms with E-state index in [-0.39, 0.29) is 24.3 Å². The number of benzene rings is 2. The lowest BCUT2D eigenvalue weighted by atomic mass is 10.0. The number of hydrogen-bond donors (Lipinski definition) is 1. The fraction of sp³-hybridized carbons (Fsp3) is 0.240. The Morgan fingerprint density at radius 2 is 1.90 bits per heavy atom. The van der Waals surface area contributed by atoms with E-state index in [1.807, 2.05) is 56.3 Å². The number of nitrogens with one attached hydrogen (secondary N) is 1. The molecule has 1 heterocycles. The summed E-state index contributed by atoms with van der Waals surface area (Å²) < 4.78 is 11.6. The number of ether oxygens (including phenoxy) is 1. The van der Waals surface area contributed by atoms with Crippen LogP contribution in [0.3, 0.4) is 0 Å². The van der Waals surface area contributed by atoms with Crippen LogP contribution in [0, 0.1) is 6.92 Å². The van der Waals surface area contributed by atoms with Crippen molar-refractivity contribution in [3.05, 3.63) is 102 Å². The number of allylic oxidation sites excluding steroid dienone is 1. The lowest BCUT2D eigenvalue weighted by Gasteiger charge is -2.17. The van der Waals surface area contributed by atoms with Crippen LogP contribution in [0.1, 0.15) is 52.4 Å². The van der Waals surface area contributed by atoms with Crippen molar-refractivity contribution < 1.29 is 13.9 Å². The van der Waals surface area contributed by atoms with Crippen LogP contribution in [-0.2, 0) is 13.0 Å². The van der Waals surface area contributed by atoms with E-state index in [2.05, 4.69) is 24.0 Å². The number of rotatable bonds is 9. The van der Waals surface area contributed by atoms with Gasteiger partial charge in [0.1, 0.15) is 18.1 Å². The Hall–Kier alpha value is -3.27. The first kappa shape index (κ1) is 20.5. The van der Waals surface area contributed by atoms with Gasteiger partial charge in [-0.1, -0.05) is 61.0 Å². The summed E-state index contributed by atoms with van der Waals surface area (Å²) in [4.78, 5) is 12.6. The SMILES string of the molecule is C=CCc1ccccc1OCc1ccc(C(=O)NC(CC)c2ccc(C)cc2)o1. The van der Waals surface area contributed by atoms with Crippen LogP contribution in [-0.4, -0.2) is 5.91 Å². The fourth-order valence-corrected chi connectivity index (χ4v) is 3.14. The molecule has 150 valence electrons. The zero-order valence-electron chi connectivity index (χ0n) is 17.0. The third-order valence-corrected chi connectivity index (χ3v) is 4.79. The first-order valence-corrected chi connectivity index (χ1v) is 9.88. The van der Waals surface area contributed by atoms with Gasteiger partial charge in [0.05, 0.1) is 6.04 Å². The molecule has 1 N–H and O–H groups in total. The molecule has 0 bridgehead atoms. The molecule has 0 saturated carbocycles. The molecule has 0 spiro atoms. The number of hydrogen-bond acceptors (Lipinski definition) is 3. The summed E-state index contributed by atoms with van der Waals surface area (Å²) in [5, 5.41) is 3.05. The highest BCUT2D eigenvalue weighted by Crippen LogP contribution is 2.22. The van der Waals surface area contributed by atoms with E-state index in [9.17, 15) is 4.79 Å². The molecule has 1 amide bonds. The smallest absolute Gasteiger partial charge is 0.287 e. The van der Waals surface area contributed by atoms with E-state index in [0.29, 0.717) is 5.76 Å². The van der Waals surface area contributed by atoms with Crippen molar-refractivity contribution >= 4 is 5.91 Å². The molecule has 29 heavy (non-hydrogen) atoms. The molecule has 3 rings (SSSR count). The first-order chi connectivity index (χ1) is 14.1. The van der Waals surface area contributed by atoms with Crippen molar-refractivity contribution in [1.29, 1.82) is 0 Å². The lowest BCUT2D eigenvalue weighted by Crippen LogP contribution is -2.27. The minimum Gasteiger partial charge on any atom is -0.485 e. The molecule has 3 aromatic rings. The zero-order chi connectivity index (χ0) is 20.6. The molecule has 0 aliphatic rings. The van der Waals surface area contributed by atoms with E-state index in [4.69, 9.17) is 9.15 Å². The van der Waals surface area contributed by atoms with Gasteiger partial charge in [0.2, 0.25) is 0 Å². The van der Waals surface area contributed by atoms with Crippen LogP contribution in [0.5, 0.6) is 5.75 Å². The van der Waals surface area contributed by atoms with E-state index >= 15 is 0 Å². The van der Waals surface area contributed by atoms with Gasteiger partial charge in [0.25, 0.3) is 5.91 Å². The Bertz CT molecular complexity index is 956. The predicted octanol–water partition coefficient (Wildman–Crippen LogP) is 5.78. The van der Waals surface area contributed by atoms with Crippen LogP contribution < -0.4 is 10.1 Å². The van der Waals surface area contributed by atoms with E-state index in [0.717, 1.165) is 29.7 Å². The highest BCUT2D eigenvalue weighted by molar-refractivity contribution is 5.91. The molecule has 2 aromatic carbocycles. The largest absolute Gasteiger partial charge is 0.485 e. The quantitative estimate of drug-likeness (QED) is 0.472. The number of amides is 1. The van der Waals surface area contributed by atoms with E-state index < -0.39 is 0 Å². The fourth-order valence-electron chi connectivity index (χ4n) is 3.14. The summed E-state index contributed by atoms with van der Waals surface area (Å²) in [6.07, 6.45) is 3.38. The number of carbonyl (C=O) groups excluding carboxylic acids is 1. The van der Waals surface area contributed by atoms with Crippen LogP contribution >= 0.6 is 0 Å². The zero-order valence-corrected chi connectivity index (χ0v) is 17.0. The highest BCUT2D eigenvalue weighted by atomic mass is 16.5. The molecular formula is C25H27NO3. The minimum absolute atomic E-state index is 0.0568. The van der Waals surface area contributed by atoms with Gasteiger partial charge in [-0.3, -0.25) is 4.79 Å². The molecule has 0 aliphatic carbocycles. The van der Waals surface area contributed by atoms with Crippen LogP contribution in [0.2, 0.25) is 0 Å². The van der Waals surface area contributed by atoms with Gasteiger partial charge in [0, 0.05) is 0 Å². The third-order valence-electron chi connectivity index (χ3n) is 4.79. The average Bonchev–Trinajstić information content (AvgIpc) is 3.21. The maximum absolute atomic E-state index is 12.6. The van der Waals surface area contributed by atoms with Crippen molar-refractivity contribution in [1.82, 2.24) is 5.32 Å². The summed E-state index contributed by atoms with van der Waals surface area (Å²) in [7, 11) is 0. The van der Waals surface area contributed by atoms with Gasteiger partial charge in [-0.15, -0.1) is 6.58 Å². The Kier molecular flexibility index (Phi) is 6.90. The van der Waals surface area contributed by atoms with Crippen LogP contribution in [0.15, 0.2) is 77.7 Å². The monoisotopic (exact) mass is 389 g/mol. The highest BCUT2D eigenvalue weighted by Gasteiger charge is 2.17. The Balaban J connectivity index is 1.62. The van der Waals surface area contributed by atoms with Crippen molar-refractivity contribution in [2.24, 2.45) is 0 Å². The second kappa shape index (κ2) is 9.78. The second-order valence-corrected chi connectivity index (χ2v) is 7.00. The summed E-state index contributed by atoms with van der Waals surface area (Å²) in [6.45, 7) is 8.13. The molecule has 1 unspecified atom stereocenters. The van der Waals surface area contributed by atoms with Crippen molar-refractivity contribution in [2.45, 2.75) is 39.3 Å². The number of para-hydroxylation sites is 1. The molecule has 0 saturated heterocycles.